The molecule has 0 fully saturated rings. The van der Waals surface area contributed by atoms with Gasteiger partial charge in [-0.1, -0.05) is 28.1 Å². The molecule has 1 aromatic carbocycles. The highest BCUT2D eigenvalue weighted by Crippen LogP contribution is 2.33. The maximum Gasteiger partial charge on any atom is 0.265 e. The standard InChI is InChI=1S/C17H18BrN5O/c1-17(2)10-23-14-13(15(24)21(3)16(23)19-17)9-22(20-14)8-11-4-6-12(18)7-5-11/h4-7,9H,8,10H2,1-3H3. The first-order valence-electron chi connectivity index (χ1n) is 7.81. The van der Waals surface area contributed by atoms with Crippen LogP contribution in [0, 0.1) is 0 Å². The molecule has 0 saturated carbocycles. The minimum Gasteiger partial charge on any atom is -0.292 e. The van der Waals surface area contributed by atoms with Gasteiger partial charge in [0.15, 0.2) is 5.82 Å². The second kappa shape index (κ2) is 5.17. The van der Waals surface area contributed by atoms with Crippen LogP contribution in [0.2, 0.25) is 0 Å². The molecule has 1 aromatic heterocycles. The fraction of sp³-hybridized carbons (Fsp3) is 0.353. The van der Waals surface area contributed by atoms with Gasteiger partial charge in [0, 0.05) is 17.7 Å². The van der Waals surface area contributed by atoms with Gasteiger partial charge in [0.05, 0.1) is 18.6 Å². The van der Waals surface area contributed by atoms with Crippen molar-refractivity contribution in [2.24, 2.45) is 4.99 Å². The van der Waals surface area contributed by atoms with E-state index in [1.54, 1.807) is 11.9 Å². The Balaban J connectivity index is 1.70. The smallest absolute Gasteiger partial charge is 0.265 e. The number of anilines is 1. The van der Waals surface area contributed by atoms with E-state index in [2.05, 4.69) is 39.9 Å². The van der Waals surface area contributed by atoms with E-state index >= 15 is 0 Å². The molecule has 7 heteroatoms. The number of carbonyl (C=O) groups is 1. The average Bonchev–Trinajstić information content (AvgIpc) is 3.08. The average molecular weight is 388 g/mol. The minimum atomic E-state index is -0.221. The molecular weight excluding hydrogens is 370 g/mol. The number of hydrogen-bond donors (Lipinski definition) is 0. The molecular formula is C17H18BrN5O. The molecule has 24 heavy (non-hydrogen) atoms. The van der Waals surface area contributed by atoms with E-state index in [0.717, 1.165) is 16.6 Å². The number of aliphatic imine (C=N–C) groups is 1. The minimum absolute atomic E-state index is 0.0558. The molecule has 0 aliphatic carbocycles. The Bertz CT molecular complexity index is 852. The molecule has 3 heterocycles. The number of halogens is 1. The Hall–Kier alpha value is -2.15. The van der Waals surface area contributed by atoms with Crippen LogP contribution in [-0.4, -0.2) is 45.7 Å². The molecule has 0 bridgehead atoms. The summed E-state index contributed by atoms with van der Waals surface area (Å²) in [5, 5.41) is 4.66. The lowest BCUT2D eigenvalue weighted by Crippen LogP contribution is -2.48. The Morgan fingerprint density at radius 3 is 2.67 bits per heavy atom. The second-order valence-electron chi connectivity index (χ2n) is 6.86. The fourth-order valence-corrected chi connectivity index (χ4v) is 3.40. The van der Waals surface area contributed by atoms with Crippen LogP contribution >= 0.6 is 15.9 Å². The maximum absolute atomic E-state index is 12.6. The molecule has 0 N–H and O–H groups in total. The van der Waals surface area contributed by atoms with Crippen molar-refractivity contribution in [2.45, 2.75) is 25.9 Å². The molecule has 2 aliphatic rings. The van der Waals surface area contributed by atoms with Gasteiger partial charge in [-0.2, -0.15) is 5.10 Å². The van der Waals surface area contributed by atoms with Gasteiger partial charge in [-0.3, -0.25) is 19.3 Å². The van der Waals surface area contributed by atoms with Gasteiger partial charge in [-0.05, 0) is 31.5 Å². The third-order valence-electron chi connectivity index (χ3n) is 4.28. The van der Waals surface area contributed by atoms with Crippen LogP contribution in [0.15, 0.2) is 39.9 Å². The highest BCUT2D eigenvalue weighted by molar-refractivity contribution is 9.10. The highest BCUT2D eigenvalue weighted by Gasteiger charge is 2.43. The molecule has 0 unspecified atom stereocenters. The number of hydrogen-bond acceptors (Lipinski definition) is 4. The Kier molecular flexibility index (Phi) is 3.32. The summed E-state index contributed by atoms with van der Waals surface area (Å²) in [6.07, 6.45) is 1.83. The Labute approximate surface area is 148 Å². The first-order valence-corrected chi connectivity index (χ1v) is 8.61. The molecule has 0 spiro atoms. The summed E-state index contributed by atoms with van der Waals surface area (Å²) in [5.74, 6) is 1.34. The third-order valence-corrected chi connectivity index (χ3v) is 4.81. The quantitative estimate of drug-likeness (QED) is 0.795. The number of amides is 1. The van der Waals surface area contributed by atoms with Crippen molar-refractivity contribution in [2.75, 3.05) is 18.5 Å². The number of fused-ring (bicyclic) bond motifs is 3. The van der Waals surface area contributed by atoms with E-state index in [1.165, 1.54) is 0 Å². The van der Waals surface area contributed by atoms with Crippen LogP contribution in [0.1, 0.15) is 29.8 Å². The van der Waals surface area contributed by atoms with Crippen LogP contribution in [0.4, 0.5) is 5.82 Å². The lowest BCUT2D eigenvalue weighted by atomic mass is 10.1. The fourth-order valence-electron chi connectivity index (χ4n) is 3.14. The Morgan fingerprint density at radius 2 is 1.96 bits per heavy atom. The summed E-state index contributed by atoms with van der Waals surface area (Å²) < 4.78 is 2.87. The second-order valence-corrected chi connectivity index (χ2v) is 7.78. The molecule has 1 amide bonds. The van der Waals surface area contributed by atoms with Crippen LogP contribution < -0.4 is 4.90 Å². The molecule has 2 aliphatic heterocycles. The van der Waals surface area contributed by atoms with Crippen LogP contribution in [-0.2, 0) is 6.54 Å². The van der Waals surface area contributed by atoms with E-state index in [0.29, 0.717) is 23.9 Å². The zero-order valence-corrected chi connectivity index (χ0v) is 15.4. The van der Waals surface area contributed by atoms with E-state index in [9.17, 15) is 4.79 Å². The first-order chi connectivity index (χ1) is 11.3. The van der Waals surface area contributed by atoms with Gasteiger partial charge in [0.1, 0.15) is 5.56 Å². The van der Waals surface area contributed by atoms with Crippen molar-refractivity contribution in [1.82, 2.24) is 14.7 Å². The maximum atomic E-state index is 12.6. The third kappa shape index (κ3) is 2.43. The lowest BCUT2D eigenvalue weighted by Gasteiger charge is -2.30. The molecule has 0 atom stereocenters. The number of nitrogens with zero attached hydrogens (tertiary/aromatic N) is 5. The summed E-state index contributed by atoms with van der Waals surface area (Å²) in [5.41, 5.74) is 1.54. The van der Waals surface area contributed by atoms with Crippen molar-refractivity contribution in [3.8, 4) is 0 Å². The van der Waals surface area contributed by atoms with Crippen molar-refractivity contribution in [3.05, 3.63) is 46.1 Å². The van der Waals surface area contributed by atoms with Crippen molar-refractivity contribution < 1.29 is 4.79 Å². The van der Waals surface area contributed by atoms with Crippen LogP contribution in [0.25, 0.3) is 0 Å². The van der Waals surface area contributed by atoms with Gasteiger partial charge in [0.2, 0.25) is 5.96 Å². The summed E-state index contributed by atoms with van der Waals surface area (Å²) in [6.45, 7) is 5.48. The summed E-state index contributed by atoms with van der Waals surface area (Å²) in [7, 11) is 1.77. The van der Waals surface area contributed by atoms with Gasteiger partial charge < -0.3 is 0 Å². The summed E-state index contributed by atoms with van der Waals surface area (Å²) >= 11 is 3.44. The van der Waals surface area contributed by atoms with Crippen molar-refractivity contribution >= 4 is 33.6 Å². The largest absolute Gasteiger partial charge is 0.292 e. The van der Waals surface area contributed by atoms with Gasteiger partial charge >= 0.3 is 0 Å². The van der Waals surface area contributed by atoms with Crippen molar-refractivity contribution in [1.29, 1.82) is 0 Å². The Morgan fingerprint density at radius 1 is 1.25 bits per heavy atom. The number of carbonyl (C=O) groups excluding carboxylic acids is 1. The van der Waals surface area contributed by atoms with Gasteiger partial charge in [0.25, 0.3) is 5.91 Å². The zero-order chi connectivity index (χ0) is 17.1. The lowest BCUT2D eigenvalue weighted by molar-refractivity contribution is 0.0865. The van der Waals surface area contributed by atoms with Crippen LogP contribution in [0.5, 0.6) is 0 Å². The normalized spacial score (nSPS) is 18.5. The van der Waals surface area contributed by atoms with E-state index in [-0.39, 0.29) is 11.4 Å². The topological polar surface area (TPSA) is 53.7 Å². The SMILES string of the molecule is CN1C(=O)c2cn(Cc3ccc(Br)cc3)nc2N2CC(C)(C)N=C12. The molecule has 0 saturated heterocycles. The predicted octanol–water partition coefficient (Wildman–Crippen LogP) is 2.73. The molecule has 4 rings (SSSR count). The van der Waals surface area contributed by atoms with Gasteiger partial charge in [-0.15, -0.1) is 0 Å². The van der Waals surface area contributed by atoms with Crippen molar-refractivity contribution in [3.63, 3.8) is 0 Å². The van der Waals surface area contributed by atoms with Crippen LogP contribution in [0.3, 0.4) is 0 Å². The van der Waals surface area contributed by atoms with E-state index in [1.807, 2.05) is 40.0 Å². The number of guanidine groups is 1. The molecule has 2 aromatic rings. The summed E-state index contributed by atoms with van der Waals surface area (Å²) in [6, 6.07) is 8.10. The monoisotopic (exact) mass is 387 g/mol. The highest BCUT2D eigenvalue weighted by atomic mass is 79.9. The number of rotatable bonds is 2. The molecule has 124 valence electrons. The first kappa shape index (κ1) is 15.4. The zero-order valence-electron chi connectivity index (χ0n) is 13.8. The van der Waals surface area contributed by atoms with Gasteiger partial charge in [-0.25, -0.2) is 4.99 Å². The molecule has 0 radical (unpaired) electrons. The molecule has 6 nitrogen and oxygen atoms in total. The number of aromatic nitrogens is 2. The predicted molar refractivity (Wildman–Crippen MR) is 96.4 cm³/mol. The summed E-state index contributed by atoms with van der Waals surface area (Å²) in [4.78, 5) is 21.0. The van der Waals surface area contributed by atoms with E-state index in [4.69, 9.17) is 0 Å². The van der Waals surface area contributed by atoms with E-state index < -0.39 is 0 Å². The number of benzene rings is 1.